The second-order valence-corrected chi connectivity index (χ2v) is 6.11. The summed E-state index contributed by atoms with van der Waals surface area (Å²) in [4.78, 5) is 28.5. The number of hydrogen-bond acceptors (Lipinski definition) is 4. The summed E-state index contributed by atoms with van der Waals surface area (Å²) in [5.74, 6) is 0.928. The van der Waals surface area contributed by atoms with Gasteiger partial charge in [0.05, 0.1) is 18.8 Å². The molecule has 0 spiro atoms. The Morgan fingerprint density at radius 3 is 2.81 bits per heavy atom. The van der Waals surface area contributed by atoms with Crippen LogP contribution < -0.4 is 20.7 Å². The van der Waals surface area contributed by atoms with E-state index in [1.54, 1.807) is 0 Å². The molecule has 108 valence electrons. The van der Waals surface area contributed by atoms with E-state index >= 15 is 0 Å². The third-order valence-electron chi connectivity index (χ3n) is 3.93. The lowest BCUT2D eigenvalue weighted by atomic mass is 9.79. The maximum Gasteiger partial charge on any atom is 0.328 e. The van der Waals surface area contributed by atoms with Crippen molar-refractivity contribution in [1.82, 2.24) is 9.97 Å². The molecule has 2 aliphatic rings. The van der Waals surface area contributed by atoms with E-state index in [0.717, 1.165) is 15.8 Å². The first kappa shape index (κ1) is 12.7. The van der Waals surface area contributed by atoms with Crippen LogP contribution in [-0.4, -0.2) is 23.2 Å². The first-order valence-electron chi connectivity index (χ1n) is 6.55. The van der Waals surface area contributed by atoms with Crippen LogP contribution in [0.1, 0.15) is 17.0 Å². The molecule has 0 amide bonds. The van der Waals surface area contributed by atoms with Crippen LogP contribution in [0.25, 0.3) is 0 Å². The van der Waals surface area contributed by atoms with Gasteiger partial charge >= 0.3 is 5.69 Å². The zero-order chi connectivity index (χ0) is 14.6. The van der Waals surface area contributed by atoms with Crippen molar-refractivity contribution in [3.63, 3.8) is 0 Å². The van der Waals surface area contributed by atoms with Crippen molar-refractivity contribution >= 4 is 15.9 Å². The molecule has 3 heterocycles. The summed E-state index contributed by atoms with van der Waals surface area (Å²) in [6.45, 7) is 0.889. The Balaban J connectivity index is 1.99. The molecule has 1 aromatic heterocycles. The highest BCUT2D eigenvalue weighted by atomic mass is 79.9. The molecule has 0 fully saturated rings. The smallest absolute Gasteiger partial charge is 0.328 e. The highest BCUT2D eigenvalue weighted by molar-refractivity contribution is 9.10. The van der Waals surface area contributed by atoms with Gasteiger partial charge in [-0.1, -0.05) is 15.9 Å². The minimum atomic E-state index is -0.557. The normalized spacial score (nSPS) is 22.3. The number of halogens is 1. The minimum absolute atomic E-state index is 0.0475. The fourth-order valence-electron chi connectivity index (χ4n) is 3.04. The van der Waals surface area contributed by atoms with E-state index in [1.165, 1.54) is 0 Å². The summed E-state index contributed by atoms with van der Waals surface area (Å²) in [5.41, 5.74) is 0.436. The quantitative estimate of drug-likeness (QED) is 0.751. The molecule has 4 rings (SSSR count). The zero-order valence-corrected chi connectivity index (χ0v) is 12.4. The molecule has 2 N–H and O–H groups in total. The average Bonchev–Trinajstić information content (AvgIpc) is 2.46. The van der Waals surface area contributed by atoms with Crippen molar-refractivity contribution in [1.29, 1.82) is 0 Å². The third-order valence-corrected chi connectivity index (χ3v) is 4.42. The van der Waals surface area contributed by atoms with Crippen molar-refractivity contribution in [2.45, 2.75) is 5.92 Å². The molecule has 2 aliphatic heterocycles. The van der Waals surface area contributed by atoms with Crippen LogP contribution in [0.4, 0.5) is 0 Å². The number of nitrogens with one attached hydrogen (secondary N) is 2. The number of benzene rings is 1. The van der Waals surface area contributed by atoms with E-state index in [1.807, 2.05) is 18.2 Å². The van der Waals surface area contributed by atoms with Crippen molar-refractivity contribution in [3.05, 3.63) is 54.6 Å². The van der Waals surface area contributed by atoms with Gasteiger partial charge in [0.25, 0.3) is 5.56 Å². The Hall–Kier alpha value is -2.02. The van der Waals surface area contributed by atoms with Gasteiger partial charge in [0, 0.05) is 21.9 Å². The Morgan fingerprint density at radius 2 is 1.95 bits per heavy atom. The summed E-state index contributed by atoms with van der Waals surface area (Å²) in [6, 6.07) is 5.73. The van der Waals surface area contributed by atoms with Crippen LogP contribution in [0.15, 0.2) is 32.3 Å². The number of rotatable bonds is 0. The number of aromatic amines is 2. The second kappa shape index (κ2) is 4.49. The van der Waals surface area contributed by atoms with Gasteiger partial charge in [0.15, 0.2) is 0 Å². The highest BCUT2D eigenvalue weighted by Crippen LogP contribution is 2.45. The van der Waals surface area contributed by atoms with Crippen molar-refractivity contribution in [2.75, 3.05) is 13.2 Å². The molecular formula is C14H11BrN2O4. The van der Waals surface area contributed by atoms with Crippen molar-refractivity contribution < 1.29 is 9.47 Å². The molecule has 7 heteroatoms. The van der Waals surface area contributed by atoms with Crippen LogP contribution in [0.5, 0.6) is 11.6 Å². The topological polar surface area (TPSA) is 84.2 Å². The molecule has 0 saturated carbocycles. The van der Waals surface area contributed by atoms with E-state index in [0.29, 0.717) is 18.8 Å². The molecule has 0 unspecified atom stereocenters. The lowest BCUT2D eigenvalue weighted by molar-refractivity contribution is 0.121. The summed E-state index contributed by atoms with van der Waals surface area (Å²) < 4.78 is 12.2. The predicted octanol–water partition coefficient (Wildman–Crippen LogP) is 1.36. The standard InChI is InChI=1S/C14H11BrN2O4/c15-7-1-2-9-8(3-7)10-6(4-20-9)5-21-13-11(10)12(18)16-14(19)17-13/h1-3,6,10H,4-5H2,(H2,16,17,18,19)/t6-,10-/m0/s1. The van der Waals surface area contributed by atoms with Crippen LogP contribution in [0.2, 0.25) is 0 Å². The molecule has 0 bridgehead atoms. The van der Waals surface area contributed by atoms with Gasteiger partial charge in [-0.2, -0.15) is 0 Å². The van der Waals surface area contributed by atoms with E-state index < -0.39 is 11.2 Å². The average molecular weight is 351 g/mol. The van der Waals surface area contributed by atoms with E-state index in [9.17, 15) is 9.59 Å². The Labute approximate surface area is 127 Å². The Morgan fingerprint density at radius 1 is 1.14 bits per heavy atom. The Bertz CT molecular complexity index is 842. The molecule has 6 nitrogen and oxygen atoms in total. The molecule has 2 atom stereocenters. The zero-order valence-electron chi connectivity index (χ0n) is 10.8. The largest absolute Gasteiger partial charge is 0.493 e. The van der Waals surface area contributed by atoms with Crippen molar-refractivity contribution in [2.24, 2.45) is 5.92 Å². The minimum Gasteiger partial charge on any atom is -0.493 e. The molecule has 0 aliphatic carbocycles. The molecule has 1 aromatic carbocycles. The SMILES string of the molecule is O=c1[nH]c2c(c(=O)[nH]1)[C@@H]1c3cc(Br)ccc3OC[C@H]1CO2. The Kier molecular flexibility index (Phi) is 2.72. The van der Waals surface area contributed by atoms with Crippen LogP contribution in [0.3, 0.4) is 0 Å². The van der Waals surface area contributed by atoms with Gasteiger partial charge < -0.3 is 9.47 Å². The fourth-order valence-corrected chi connectivity index (χ4v) is 3.42. The van der Waals surface area contributed by atoms with Gasteiger partial charge in [-0.25, -0.2) is 4.79 Å². The summed E-state index contributed by atoms with van der Waals surface area (Å²) >= 11 is 3.45. The van der Waals surface area contributed by atoms with Crippen molar-refractivity contribution in [3.8, 4) is 11.6 Å². The molecular weight excluding hydrogens is 340 g/mol. The highest BCUT2D eigenvalue weighted by Gasteiger charge is 2.40. The van der Waals surface area contributed by atoms with Crippen LogP contribution >= 0.6 is 15.9 Å². The number of hydrogen-bond donors (Lipinski definition) is 2. The predicted molar refractivity (Wildman–Crippen MR) is 78.1 cm³/mol. The third kappa shape index (κ3) is 1.91. The van der Waals surface area contributed by atoms with Gasteiger partial charge in [-0.05, 0) is 18.2 Å². The second-order valence-electron chi connectivity index (χ2n) is 5.19. The first-order valence-corrected chi connectivity index (χ1v) is 7.34. The fraction of sp³-hybridized carbons (Fsp3) is 0.286. The van der Waals surface area contributed by atoms with Gasteiger partial charge in [-0.3, -0.25) is 14.8 Å². The molecule has 0 saturated heterocycles. The summed E-state index contributed by atoms with van der Waals surface area (Å²) in [7, 11) is 0. The summed E-state index contributed by atoms with van der Waals surface area (Å²) in [5, 5.41) is 0. The monoisotopic (exact) mass is 350 g/mol. The maximum absolute atomic E-state index is 12.2. The van der Waals surface area contributed by atoms with E-state index in [-0.39, 0.29) is 17.7 Å². The van der Waals surface area contributed by atoms with Gasteiger partial charge in [0.2, 0.25) is 5.88 Å². The first-order chi connectivity index (χ1) is 10.1. The number of ether oxygens (including phenoxy) is 2. The maximum atomic E-state index is 12.2. The molecule has 21 heavy (non-hydrogen) atoms. The van der Waals surface area contributed by atoms with Crippen LogP contribution in [0, 0.1) is 5.92 Å². The summed E-state index contributed by atoms with van der Waals surface area (Å²) in [6.07, 6.45) is 0. The van der Waals surface area contributed by atoms with Gasteiger partial charge in [0.1, 0.15) is 5.75 Å². The number of fused-ring (bicyclic) bond motifs is 5. The van der Waals surface area contributed by atoms with Crippen LogP contribution in [-0.2, 0) is 0 Å². The number of H-pyrrole nitrogens is 2. The van der Waals surface area contributed by atoms with Gasteiger partial charge in [-0.15, -0.1) is 0 Å². The lowest BCUT2D eigenvalue weighted by Crippen LogP contribution is -2.40. The lowest BCUT2D eigenvalue weighted by Gasteiger charge is -2.37. The number of aromatic nitrogens is 2. The molecule has 0 radical (unpaired) electrons. The molecule has 2 aromatic rings. The van der Waals surface area contributed by atoms with E-state index in [2.05, 4.69) is 25.9 Å². The van der Waals surface area contributed by atoms with E-state index in [4.69, 9.17) is 9.47 Å².